The zero-order chi connectivity index (χ0) is 33.9. The second-order valence-corrected chi connectivity index (χ2v) is 12.2. The minimum atomic E-state index is 0.617. The Morgan fingerprint density at radius 3 is 1.70 bits per heavy atom. The van der Waals surface area contributed by atoms with Gasteiger partial charge < -0.3 is 5.73 Å². The average molecular weight is 643 g/mol. The fraction of sp³-hybridized carbons (Fsp3) is 0.0217. The molecule has 7 aromatic carbocycles. The minimum absolute atomic E-state index is 0.617. The third-order valence-electron chi connectivity index (χ3n) is 9.10. The predicted molar refractivity (Wildman–Crippen MR) is 209 cm³/mol. The van der Waals surface area contributed by atoms with Gasteiger partial charge in [-0.1, -0.05) is 152 Å². The molecular formula is C46H34N4. The maximum atomic E-state index is 5.94. The summed E-state index contributed by atoms with van der Waals surface area (Å²) in [5, 5.41) is 4.44. The molecule has 2 N–H and O–H groups in total. The number of hydrogen-bond donors (Lipinski definition) is 1. The molecule has 0 radical (unpaired) electrons. The number of fused-ring (bicyclic) bond motifs is 2. The molecule has 0 atom stereocenters. The predicted octanol–water partition coefficient (Wildman–Crippen LogP) is 11.4. The van der Waals surface area contributed by atoms with Crippen molar-refractivity contribution in [2.75, 3.05) is 0 Å². The number of allylic oxidation sites excluding steroid dienone is 3. The van der Waals surface area contributed by atoms with Crippen LogP contribution in [0.2, 0.25) is 0 Å². The van der Waals surface area contributed by atoms with Gasteiger partial charge >= 0.3 is 0 Å². The molecular weight excluding hydrogens is 609 g/mol. The van der Waals surface area contributed by atoms with Crippen LogP contribution in [0.1, 0.15) is 12.5 Å². The van der Waals surface area contributed by atoms with E-state index in [-0.39, 0.29) is 0 Å². The molecule has 0 saturated heterocycles. The lowest BCUT2D eigenvalue weighted by Crippen LogP contribution is -2.01. The first-order valence-electron chi connectivity index (χ1n) is 16.8. The van der Waals surface area contributed by atoms with E-state index in [4.69, 9.17) is 20.7 Å². The SMILES string of the molecule is C/C=C\C(=C/N)c1ccc2cc(-c3nc(-c4ccccc4-c4ccccc4)nc(-c4ccc(-c5ccccc5)c5ccccc45)n3)ccc2c1. The highest BCUT2D eigenvalue weighted by Gasteiger charge is 2.18. The summed E-state index contributed by atoms with van der Waals surface area (Å²) in [5.74, 6) is 1.87. The molecule has 0 fully saturated rings. The highest BCUT2D eigenvalue weighted by Crippen LogP contribution is 2.37. The summed E-state index contributed by atoms with van der Waals surface area (Å²) in [6, 6.07) is 54.8. The highest BCUT2D eigenvalue weighted by atomic mass is 15.0. The van der Waals surface area contributed by atoms with Crippen molar-refractivity contribution in [3.63, 3.8) is 0 Å². The molecule has 0 spiro atoms. The van der Waals surface area contributed by atoms with E-state index in [1.54, 1.807) is 6.20 Å². The van der Waals surface area contributed by atoms with Crippen molar-refractivity contribution in [2.45, 2.75) is 6.92 Å². The highest BCUT2D eigenvalue weighted by molar-refractivity contribution is 6.04. The van der Waals surface area contributed by atoms with Gasteiger partial charge in [-0.2, -0.15) is 0 Å². The summed E-state index contributed by atoms with van der Waals surface area (Å²) < 4.78 is 0. The molecule has 4 nitrogen and oxygen atoms in total. The molecule has 238 valence electrons. The van der Waals surface area contributed by atoms with Crippen LogP contribution in [-0.4, -0.2) is 15.0 Å². The Labute approximate surface area is 292 Å². The summed E-state index contributed by atoms with van der Waals surface area (Å²) in [6.45, 7) is 1.99. The van der Waals surface area contributed by atoms with E-state index < -0.39 is 0 Å². The van der Waals surface area contributed by atoms with Crippen LogP contribution in [0.15, 0.2) is 176 Å². The molecule has 0 unspecified atom stereocenters. The maximum Gasteiger partial charge on any atom is 0.164 e. The summed E-state index contributed by atoms with van der Waals surface area (Å²) in [7, 11) is 0. The Balaban J connectivity index is 1.33. The Kier molecular flexibility index (Phi) is 8.26. The second-order valence-electron chi connectivity index (χ2n) is 12.2. The first-order valence-corrected chi connectivity index (χ1v) is 16.8. The first kappa shape index (κ1) is 30.7. The molecule has 8 rings (SSSR count). The molecule has 8 aromatic rings. The van der Waals surface area contributed by atoms with E-state index in [0.29, 0.717) is 17.5 Å². The Morgan fingerprint density at radius 2 is 1.00 bits per heavy atom. The number of benzene rings is 7. The number of nitrogens with two attached hydrogens (primary N) is 1. The van der Waals surface area contributed by atoms with Crippen molar-refractivity contribution >= 4 is 27.1 Å². The fourth-order valence-electron chi connectivity index (χ4n) is 6.65. The molecule has 0 aliphatic heterocycles. The van der Waals surface area contributed by atoms with Crippen LogP contribution in [0.4, 0.5) is 0 Å². The van der Waals surface area contributed by atoms with Gasteiger partial charge in [-0.15, -0.1) is 0 Å². The second kappa shape index (κ2) is 13.5. The average Bonchev–Trinajstić information content (AvgIpc) is 3.19. The number of rotatable bonds is 7. The quantitative estimate of drug-likeness (QED) is 0.176. The van der Waals surface area contributed by atoms with Crippen LogP contribution >= 0.6 is 0 Å². The van der Waals surface area contributed by atoms with Crippen LogP contribution in [0.3, 0.4) is 0 Å². The lowest BCUT2D eigenvalue weighted by Gasteiger charge is -2.14. The van der Waals surface area contributed by atoms with E-state index >= 15 is 0 Å². The van der Waals surface area contributed by atoms with Gasteiger partial charge in [0.1, 0.15) is 0 Å². The topological polar surface area (TPSA) is 64.7 Å². The van der Waals surface area contributed by atoms with Crippen LogP contribution < -0.4 is 5.73 Å². The smallest absolute Gasteiger partial charge is 0.164 e. The van der Waals surface area contributed by atoms with Crippen molar-refractivity contribution in [2.24, 2.45) is 5.73 Å². The van der Waals surface area contributed by atoms with E-state index in [1.165, 1.54) is 11.1 Å². The van der Waals surface area contributed by atoms with Gasteiger partial charge in [0.25, 0.3) is 0 Å². The summed E-state index contributed by atoms with van der Waals surface area (Å²) in [6.07, 6.45) is 5.66. The van der Waals surface area contributed by atoms with E-state index in [1.807, 2.05) is 37.3 Å². The number of aromatic nitrogens is 3. The molecule has 1 aromatic heterocycles. The summed E-state index contributed by atoms with van der Waals surface area (Å²) in [4.78, 5) is 15.6. The minimum Gasteiger partial charge on any atom is -0.404 e. The molecule has 0 aliphatic carbocycles. The molecule has 50 heavy (non-hydrogen) atoms. The van der Waals surface area contributed by atoms with E-state index in [0.717, 1.165) is 60.5 Å². The van der Waals surface area contributed by atoms with Crippen molar-refractivity contribution in [3.05, 3.63) is 182 Å². The zero-order valence-electron chi connectivity index (χ0n) is 27.7. The van der Waals surface area contributed by atoms with Crippen molar-refractivity contribution in [3.8, 4) is 56.4 Å². The van der Waals surface area contributed by atoms with Crippen LogP contribution in [-0.2, 0) is 0 Å². The van der Waals surface area contributed by atoms with Crippen LogP contribution in [0.5, 0.6) is 0 Å². The first-order chi connectivity index (χ1) is 24.7. The summed E-state index contributed by atoms with van der Waals surface area (Å²) in [5.41, 5.74) is 15.3. The van der Waals surface area contributed by atoms with Crippen molar-refractivity contribution in [1.82, 2.24) is 15.0 Å². The normalized spacial score (nSPS) is 11.8. The maximum absolute atomic E-state index is 5.94. The molecule has 1 heterocycles. The van der Waals surface area contributed by atoms with Crippen LogP contribution in [0.25, 0.3) is 83.5 Å². The van der Waals surface area contributed by atoms with E-state index in [2.05, 4.69) is 140 Å². The zero-order valence-corrected chi connectivity index (χ0v) is 27.7. The van der Waals surface area contributed by atoms with Crippen molar-refractivity contribution in [1.29, 1.82) is 0 Å². The molecule has 4 heteroatoms. The van der Waals surface area contributed by atoms with E-state index in [9.17, 15) is 0 Å². The molecule has 0 saturated carbocycles. The van der Waals surface area contributed by atoms with Gasteiger partial charge in [0, 0.05) is 22.9 Å². The van der Waals surface area contributed by atoms with Gasteiger partial charge in [-0.3, -0.25) is 0 Å². The van der Waals surface area contributed by atoms with Gasteiger partial charge in [-0.05, 0) is 80.1 Å². The molecule has 0 amide bonds. The number of hydrogen-bond acceptors (Lipinski definition) is 4. The fourth-order valence-corrected chi connectivity index (χ4v) is 6.65. The van der Waals surface area contributed by atoms with Gasteiger partial charge in [-0.25, -0.2) is 15.0 Å². The van der Waals surface area contributed by atoms with Gasteiger partial charge in [0.15, 0.2) is 17.5 Å². The van der Waals surface area contributed by atoms with Gasteiger partial charge in [0.2, 0.25) is 0 Å². The van der Waals surface area contributed by atoms with Gasteiger partial charge in [0.05, 0.1) is 0 Å². The van der Waals surface area contributed by atoms with Crippen LogP contribution in [0, 0.1) is 0 Å². The Hall–Kier alpha value is -6.65. The third-order valence-corrected chi connectivity index (χ3v) is 9.10. The molecule has 0 aliphatic rings. The lowest BCUT2D eigenvalue weighted by atomic mass is 9.94. The summed E-state index contributed by atoms with van der Waals surface area (Å²) >= 11 is 0. The Morgan fingerprint density at radius 1 is 0.460 bits per heavy atom. The molecule has 0 bridgehead atoms. The lowest BCUT2D eigenvalue weighted by molar-refractivity contribution is 1.08. The number of nitrogens with zero attached hydrogens (tertiary/aromatic N) is 3. The standard InChI is InChI=1S/C46H34N4/c1-2-13-37(30-47)35-23-22-34-29-36(25-24-33(34)28-35)44-48-45(42-21-12-9-18-38(42)31-14-5-3-6-15-31)50-46(49-44)43-27-26-39(32-16-7-4-8-17-32)40-19-10-11-20-41(40)43/h2-30H,47H2,1H3/b13-2-,37-30+. The van der Waals surface area contributed by atoms with Crippen molar-refractivity contribution < 1.29 is 0 Å². The largest absolute Gasteiger partial charge is 0.404 e. The monoisotopic (exact) mass is 642 g/mol. The Bertz CT molecular complexity index is 2550. The third kappa shape index (κ3) is 5.84.